The molecule has 3 heterocycles. The summed E-state index contributed by atoms with van der Waals surface area (Å²) < 4.78 is 0. The fraction of sp³-hybridized carbons (Fsp3) is 0.375. The van der Waals surface area contributed by atoms with E-state index in [4.69, 9.17) is 0 Å². The highest BCUT2D eigenvalue weighted by Crippen LogP contribution is 2.23. The summed E-state index contributed by atoms with van der Waals surface area (Å²) in [6.45, 7) is 2.74. The highest BCUT2D eigenvalue weighted by atomic mass is 16.3. The minimum atomic E-state index is -0.544. The second kappa shape index (κ2) is 6.70. The van der Waals surface area contributed by atoms with Gasteiger partial charge in [-0.1, -0.05) is 0 Å². The number of aliphatic hydroxyl groups excluding tert-OH is 1. The number of pyridine rings is 1. The third-order valence-electron chi connectivity index (χ3n) is 3.86. The van der Waals surface area contributed by atoms with Crippen LogP contribution >= 0.6 is 0 Å². The van der Waals surface area contributed by atoms with E-state index in [1.807, 2.05) is 24.0 Å². The van der Waals surface area contributed by atoms with E-state index in [1.54, 1.807) is 18.5 Å². The molecule has 0 bridgehead atoms. The number of carbonyl (C=O) groups is 1. The number of nitrogens with zero attached hydrogens (tertiary/aromatic N) is 4. The fourth-order valence-electron chi connectivity index (χ4n) is 2.76. The molecule has 0 saturated carbocycles. The van der Waals surface area contributed by atoms with Gasteiger partial charge in [0.05, 0.1) is 18.3 Å². The summed E-state index contributed by atoms with van der Waals surface area (Å²) in [7, 11) is 0. The Kier molecular flexibility index (Phi) is 4.47. The number of hydrogen-bond donors (Lipinski definition) is 2. The number of carbonyl (C=O) groups excluding carboxylic acids is 1. The number of anilines is 1. The number of β-amino-alcohol motifs (C(OH)–C–C–N with tert-alkyl or cyclic N) is 1. The predicted octanol–water partition coefficient (Wildman–Crippen LogP) is 0.436. The zero-order valence-corrected chi connectivity index (χ0v) is 12.9. The Hall–Kier alpha value is -2.54. The summed E-state index contributed by atoms with van der Waals surface area (Å²) in [5.74, 6) is 0.508. The van der Waals surface area contributed by atoms with E-state index in [0.717, 1.165) is 11.3 Å². The molecule has 1 aliphatic heterocycles. The quantitative estimate of drug-likeness (QED) is 0.851. The molecule has 2 unspecified atom stereocenters. The second-order valence-corrected chi connectivity index (χ2v) is 5.67. The van der Waals surface area contributed by atoms with Gasteiger partial charge in [0.2, 0.25) is 5.91 Å². The van der Waals surface area contributed by atoms with Crippen LogP contribution in [0.25, 0.3) is 0 Å². The molecule has 2 aromatic rings. The lowest BCUT2D eigenvalue weighted by atomic mass is 10.2. The van der Waals surface area contributed by atoms with Gasteiger partial charge in [0.15, 0.2) is 0 Å². The average Bonchev–Trinajstić information content (AvgIpc) is 2.95. The first-order chi connectivity index (χ1) is 11.1. The van der Waals surface area contributed by atoms with Crippen LogP contribution in [0.15, 0.2) is 36.9 Å². The van der Waals surface area contributed by atoms with Gasteiger partial charge in [-0.15, -0.1) is 0 Å². The second-order valence-electron chi connectivity index (χ2n) is 5.67. The normalized spacial score (nSPS) is 20.5. The molecule has 1 aliphatic rings. The van der Waals surface area contributed by atoms with Gasteiger partial charge in [-0.05, 0) is 30.7 Å². The van der Waals surface area contributed by atoms with Crippen LogP contribution in [-0.4, -0.2) is 44.7 Å². The Morgan fingerprint density at radius 1 is 1.39 bits per heavy atom. The van der Waals surface area contributed by atoms with E-state index in [0.29, 0.717) is 25.3 Å². The summed E-state index contributed by atoms with van der Waals surface area (Å²) in [5.41, 5.74) is 1.91. The van der Waals surface area contributed by atoms with Gasteiger partial charge in [0.25, 0.3) is 0 Å². The van der Waals surface area contributed by atoms with Gasteiger partial charge < -0.3 is 15.3 Å². The monoisotopic (exact) mass is 313 g/mol. The Bertz CT molecular complexity index is 679. The summed E-state index contributed by atoms with van der Waals surface area (Å²) in [4.78, 5) is 26.6. The summed E-state index contributed by atoms with van der Waals surface area (Å²) in [5, 5.41) is 12.8. The van der Waals surface area contributed by atoms with Crippen molar-refractivity contribution < 1.29 is 9.90 Å². The maximum atomic E-state index is 12.5. The molecular formula is C16H19N5O2. The topological polar surface area (TPSA) is 91.2 Å². The third-order valence-corrected chi connectivity index (χ3v) is 3.86. The first-order valence-corrected chi connectivity index (χ1v) is 7.53. The van der Waals surface area contributed by atoms with Crippen molar-refractivity contribution in [2.75, 3.05) is 11.4 Å². The molecule has 0 spiro atoms. The van der Waals surface area contributed by atoms with Crippen LogP contribution in [-0.2, 0) is 11.3 Å². The van der Waals surface area contributed by atoms with Crippen molar-refractivity contribution in [3.63, 3.8) is 0 Å². The van der Waals surface area contributed by atoms with E-state index >= 15 is 0 Å². The van der Waals surface area contributed by atoms with Crippen molar-refractivity contribution in [2.24, 2.45) is 0 Å². The minimum Gasteiger partial charge on any atom is -0.391 e. The smallest absolute Gasteiger partial charge is 0.243 e. The third kappa shape index (κ3) is 3.62. The molecule has 2 aromatic heterocycles. The molecule has 7 heteroatoms. The number of aromatic nitrogens is 3. The molecule has 2 N–H and O–H groups in total. The maximum absolute atomic E-state index is 12.5. The van der Waals surface area contributed by atoms with Crippen molar-refractivity contribution in [2.45, 2.75) is 32.0 Å². The molecule has 1 amide bonds. The van der Waals surface area contributed by atoms with Crippen molar-refractivity contribution in [1.82, 2.24) is 20.3 Å². The molecule has 3 rings (SSSR count). The first kappa shape index (κ1) is 15.4. The van der Waals surface area contributed by atoms with Gasteiger partial charge in [0.1, 0.15) is 18.2 Å². The molecular weight excluding hydrogens is 294 g/mol. The van der Waals surface area contributed by atoms with E-state index in [2.05, 4.69) is 20.3 Å². The maximum Gasteiger partial charge on any atom is 0.243 e. The van der Waals surface area contributed by atoms with Crippen LogP contribution in [0.4, 0.5) is 5.82 Å². The van der Waals surface area contributed by atoms with Crippen molar-refractivity contribution >= 4 is 11.7 Å². The van der Waals surface area contributed by atoms with Crippen LogP contribution in [0.2, 0.25) is 0 Å². The fourth-order valence-corrected chi connectivity index (χ4v) is 2.76. The lowest BCUT2D eigenvalue weighted by Crippen LogP contribution is -2.43. The Balaban J connectivity index is 1.68. The summed E-state index contributed by atoms with van der Waals surface area (Å²) >= 11 is 0. The van der Waals surface area contributed by atoms with E-state index in [9.17, 15) is 9.90 Å². The highest BCUT2D eigenvalue weighted by molar-refractivity contribution is 5.85. The van der Waals surface area contributed by atoms with E-state index < -0.39 is 12.1 Å². The Morgan fingerprint density at radius 2 is 2.26 bits per heavy atom. The molecule has 0 radical (unpaired) electrons. The van der Waals surface area contributed by atoms with Gasteiger partial charge >= 0.3 is 0 Å². The molecule has 7 nitrogen and oxygen atoms in total. The van der Waals surface area contributed by atoms with Crippen molar-refractivity contribution in [1.29, 1.82) is 0 Å². The van der Waals surface area contributed by atoms with E-state index in [-0.39, 0.29) is 5.91 Å². The number of rotatable bonds is 4. The van der Waals surface area contributed by atoms with Gasteiger partial charge in [-0.2, -0.15) is 0 Å². The van der Waals surface area contributed by atoms with Crippen molar-refractivity contribution in [3.8, 4) is 0 Å². The predicted molar refractivity (Wildman–Crippen MR) is 84.6 cm³/mol. The summed E-state index contributed by atoms with van der Waals surface area (Å²) in [6, 6.07) is 5.15. The highest BCUT2D eigenvalue weighted by Gasteiger charge is 2.36. The number of aliphatic hydroxyl groups is 1. The summed E-state index contributed by atoms with van der Waals surface area (Å²) in [6.07, 6.45) is 4.63. The molecule has 0 aliphatic carbocycles. The number of aryl methyl sites for hydroxylation is 1. The standard InChI is InChI=1S/C16H19N5O2/c1-11-2-5-18-12(6-11)8-19-16(23)14-7-13(22)9-21(14)15-3-4-17-10-20-15/h2-6,10,13-14,22H,7-9H2,1H3,(H,19,23). The van der Waals surface area contributed by atoms with Crippen LogP contribution in [0, 0.1) is 6.92 Å². The zero-order valence-electron chi connectivity index (χ0n) is 12.9. The average molecular weight is 313 g/mol. The van der Waals surface area contributed by atoms with Gasteiger partial charge in [-0.25, -0.2) is 9.97 Å². The van der Waals surface area contributed by atoms with Crippen LogP contribution in [0.3, 0.4) is 0 Å². The van der Waals surface area contributed by atoms with E-state index in [1.165, 1.54) is 6.33 Å². The largest absolute Gasteiger partial charge is 0.391 e. The van der Waals surface area contributed by atoms with Crippen LogP contribution < -0.4 is 10.2 Å². The molecule has 2 atom stereocenters. The number of amides is 1. The molecule has 1 fully saturated rings. The number of nitrogens with one attached hydrogen (secondary N) is 1. The van der Waals surface area contributed by atoms with Gasteiger partial charge in [-0.3, -0.25) is 9.78 Å². The molecule has 1 saturated heterocycles. The van der Waals surface area contributed by atoms with Crippen LogP contribution in [0.1, 0.15) is 17.7 Å². The van der Waals surface area contributed by atoms with Gasteiger partial charge in [0, 0.05) is 25.4 Å². The Labute approximate surface area is 134 Å². The molecule has 23 heavy (non-hydrogen) atoms. The SMILES string of the molecule is Cc1ccnc(CNC(=O)C2CC(O)CN2c2ccncn2)c1. The lowest BCUT2D eigenvalue weighted by molar-refractivity contribution is -0.122. The van der Waals surface area contributed by atoms with Crippen LogP contribution in [0.5, 0.6) is 0 Å². The van der Waals surface area contributed by atoms with Crippen molar-refractivity contribution in [3.05, 3.63) is 48.2 Å². The lowest BCUT2D eigenvalue weighted by Gasteiger charge is -2.24. The zero-order chi connectivity index (χ0) is 16.2. The number of hydrogen-bond acceptors (Lipinski definition) is 6. The Morgan fingerprint density at radius 3 is 3.00 bits per heavy atom. The molecule has 0 aromatic carbocycles. The first-order valence-electron chi connectivity index (χ1n) is 7.53. The molecule has 120 valence electrons. The minimum absolute atomic E-state index is 0.136.